The van der Waals surface area contributed by atoms with Crippen LogP contribution in [0.1, 0.15) is 26.3 Å². The van der Waals surface area contributed by atoms with E-state index in [2.05, 4.69) is 0 Å². The lowest BCUT2D eigenvalue weighted by Crippen LogP contribution is -2.54. The molecule has 0 saturated carbocycles. The van der Waals surface area contributed by atoms with Gasteiger partial charge in [0.25, 0.3) is 5.91 Å². The molecule has 1 amide bonds. The van der Waals surface area contributed by atoms with Crippen molar-refractivity contribution in [3.05, 3.63) is 29.8 Å². The number of carboxylic acid groups (broad SMARTS) is 1. The Bertz CT molecular complexity index is 572. The Labute approximate surface area is 123 Å². The summed E-state index contributed by atoms with van der Waals surface area (Å²) >= 11 is 0. The zero-order valence-corrected chi connectivity index (χ0v) is 12.5. The molecule has 1 aromatic rings. The monoisotopic (exact) mass is 290 g/mol. The van der Waals surface area contributed by atoms with E-state index in [1.807, 2.05) is 6.07 Å². The van der Waals surface area contributed by atoms with Crippen LogP contribution in [0.2, 0.25) is 0 Å². The number of amides is 1. The molecular formula is C15H18N2O4. The molecule has 0 bridgehead atoms. The molecule has 0 fully saturated rings. The van der Waals surface area contributed by atoms with Crippen LogP contribution in [-0.2, 0) is 9.59 Å². The maximum absolute atomic E-state index is 12.2. The van der Waals surface area contributed by atoms with E-state index in [0.717, 1.165) is 4.90 Å². The third-order valence-electron chi connectivity index (χ3n) is 3.34. The Morgan fingerprint density at radius 1 is 1.33 bits per heavy atom. The van der Waals surface area contributed by atoms with Gasteiger partial charge < -0.3 is 14.7 Å². The largest absolute Gasteiger partial charge is 0.481 e. The highest BCUT2D eigenvalue weighted by atomic mass is 16.5. The van der Waals surface area contributed by atoms with Crippen molar-refractivity contribution in [2.75, 3.05) is 7.05 Å². The van der Waals surface area contributed by atoms with Crippen LogP contribution in [0.5, 0.6) is 5.75 Å². The molecule has 0 aliphatic heterocycles. The quantitative estimate of drug-likeness (QED) is 0.890. The van der Waals surface area contributed by atoms with Crippen molar-refractivity contribution in [3.63, 3.8) is 0 Å². The van der Waals surface area contributed by atoms with Gasteiger partial charge in [0.15, 0.2) is 6.10 Å². The van der Waals surface area contributed by atoms with Gasteiger partial charge in [-0.25, -0.2) is 4.79 Å². The summed E-state index contributed by atoms with van der Waals surface area (Å²) in [5, 5.41) is 17.8. The molecule has 0 spiro atoms. The summed E-state index contributed by atoms with van der Waals surface area (Å²) in [6.45, 7) is 4.44. The summed E-state index contributed by atoms with van der Waals surface area (Å²) in [4.78, 5) is 24.5. The third-order valence-corrected chi connectivity index (χ3v) is 3.34. The standard InChI is InChI=1S/C15H18N2O4/c1-10(13(18)17(4)15(2,3)14(19)20)21-12-7-5-11(9-16)6-8-12/h5-8,10H,1-4H3,(H,19,20). The van der Waals surface area contributed by atoms with Gasteiger partial charge in [-0.1, -0.05) is 0 Å². The lowest BCUT2D eigenvalue weighted by molar-refractivity contribution is -0.157. The number of carbonyl (C=O) groups excluding carboxylic acids is 1. The van der Waals surface area contributed by atoms with E-state index in [4.69, 9.17) is 15.1 Å². The van der Waals surface area contributed by atoms with Crippen molar-refractivity contribution in [2.45, 2.75) is 32.4 Å². The molecule has 1 atom stereocenters. The van der Waals surface area contributed by atoms with Gasteiger partial charge in [0, 0.05) is 7.05 Å². The van der Waals surface area contributed by atoms with Crippen molar-refractivity contribution in [2.24, 2.45) is 0 Å². The zero-order valence-electron chi connectivity index (χ0n) is 12.5. The Morgan fingerprint density at radius 2 is 1.86 bits per heavy atom. The van der Waals surface area contributed by atoms with E-state index in [1.54, 1.807) is 31.2 Å². The molecule has 112 valence electrons. The lowest BCUT2D eigenvalue weighted by Gasteiger charge is -2.33. The normalized spacial score (nSPS) is 12.1. The molecule has 0 heterocycles. The molecule has 1 N–H and O–H groups in total. The first kappa shape index (κ1) is 16.5. The predicted molar refractivity (Wildman–Crippen MR) is 75.7 cm³/mol. The fourth-order valence-electron chi connectivity index (χ4n) is 1.55. The van der Waals surface area contributed by atoms with Gasteiger partial charge in [-0.15, -0.1) is 0 Å². The van der Waals surface area contributed by atoms with Crippen molar-refractivity contribution in [1.29, 1.82) is 5.26 Å². The van der Waals surface area contributed by atoms with Gasteiger partial charge in [0.05, 0.1) is 11.6 Å². The summed E-state index contributed by atoms with van der Waals surface area (Å²) in [6, 6.07) is 8.32. The second-order valence-electron chi connectivity index (χ2n) is 5.16. The molecule has 6 heteroatoms. The van der Waals surface area contributed by atoms with E-state index in [-0.39, 0.29) is 0 Å². The molecule has 21 heavy (non-hydrogen) atoms. The zero-order chi connectivity index (χ0) is 16.2. The molecule has 0 aliphatic rings. The topological polar surface area (TPSA) is 90.6 Å². The number of benzene rings is 1. The first-order valence-corrected chi connectivity index (χ1v) is 6.38. The van der Waals surface area contributed by atoms with Crippen LogP contribution in [-0.4, -0.2) is 40.6 Å². The Morgan fingerprint density at radius 3 is 2.29 bits per heavy atom. The van der Waals surface area contributed by atoms with E-state index in [9.17, 15) is 9.59 Å². The average Bonchev–Trinajstić information content (AvgIpc) is 2.46. The van der Waals surface area contributed by atoms with Crippen LogP contribution in [0.4, 0.5) is 0 Å². The van der Waals surface area contributed by atoms with Crippen molar-refractivity contribution < 1.29 is 19.4 Å². The summed E-state index contributed by atoms with van der Waals surface area (Å²) in [6.07, 6.45) is -0.832. The SMILES string of the molecule is CC(Oc1ccc(C#N)cc1)C(=O)N(C)C(C)(C)C(=O)O. The highest BCUT2D eigenvalue weighted by Crippen LogP contribution is 2.18. The van der Waals surface area contributed by atoms with E-state index < -0.39 is 23.5 Å². The first-order chi connectivity index (χ1) is 9.70. The third kappa shape index (κ3) is 3.72. The molecule has 0 saturated heterocycles. The molecule has 0 aliphatic carbocycles. The van der Waals surface area contributed by atoms with Crippen molar-refractivity contribution >= 4 is 11.9 Å². The summed E-state index contributed by atoms with van der Waals surface area (Å²) in [7, 11) is 1.43. The minimum Gasteiger partial charge on any atom is -0.481 e. The second kappa shape index (κ2) is 6.27. The number of likely N-dealkylation sites (N-methyl/N-ethyl adjacent to an activating group) is 1. The van der Waals surface area contributed by atoms with E-state index in [1.165, 1.54) is 20.9 Å². The van der Waals surface area contributed by atoms with E-state index in [0.29, 0.717) is 11.3 Å². The highest BCUT2D eigenvalue weighted by molar-refractivity contribution is 5.88. The van der Waals surface area contributed by atoms with Gasteiger partial charge in [-0.3, -0.25) is 4.79 Å². The number of carbonyl (C=O) groups is 2. The van der Waals surface area contributed by atoms with Crippen LogP contribution in [0, 0.1) is 11.3 Å². The van der Waals surface area contributed by atoms with Crippen LogP contribution in [0.3, 0.4) is 0 Å². The maximum Gasteiger partial charge on any atom is 0.329 e. The summed E-state index contributed by atoms with van der Waals surface area (Å²) in [5.41, 5.74) is -0.829. The molecule has 0 radical (unpaired) electrons. The van der Waals surface area contributed by atoms with Crippen LogP contribution in [0.25, 0.3) is 0 Å². The average molecular weight is 290 g/mol. The highest BCUT2D eigenvalue weighted by Gasteiger charge is 2.37. The van der Waals surface area contributed by atoms with Crippen LogP contribution >= 0.6 is 0 Å². The van der Waals surface area contributed by atoms with Gasteiger partial charge in [-0.05, 0) is 45.0 Å². The Kier molecular flexibility index (Phi) is 4.93. The van der Waals surface area contributed by atoms with Gasteiger partial charge >= 0.3 is 5.97 Å². The lowest BCUT2D eigenvalue weighted by atomic mass is 10.0. The van der Waals surface area contributed by atoms with Crippen molar-refractivity contribution in [3.8, 4) is 11.8 Å². The van der Waals surface area contributed by atoms with Gasteiger partial charge in [-0.2, -0.15) is 5.26 Å². The molecule has 0 aromatic heterocycles. The number of ether oxygens (including phenoxy) is 1. The Hall–Kier alpha value is -2.55. The fraction of sp³-hybridized carbons (Fsp3) is 0.400. The summed E-state index contributed by atoms with van der Waals surface area (Å²) in [5.74, 6) is -1.09. The number of nitrogens with zero attached hydrogens (tertiary/aromatic N) is 2. The number of nitriles is 1. The van der Waals surface area contributed by atoms with Gasteiger partial charge in [0.2, 0.25) is 0 Å². The fourth-order valence-corrected chi connectivity index (χ4v) is 1.55. The maximum atomic E-state index is 12.2. The number of rotatable bonds is 5. The smallest absolute Gasteiger partial charge is 0.329 e. The van der Waals surface area contributed by atoms with Crippen molar-refractivity contribution in [1.82, 2.24) is 4.90 Å². The molecule has 1 aromatic carbocycles. The molecule has 1 rings (SSSR count). The number of hydrogen-bond acceptors (Lipinski definition) is 4. The minimum atomic E-state index is -1.32. The van der Waals surface area contributed by atoms with Gasteiger partial charge in [0.1, 0.15) is 11.3 Å². The predicted octanol–water partition coefficient (Wildman–Crippen LogP) is 1.65. The van der Waals surface area contributed by atoms with Crippen LogP contribution in [0.15, 0.2) is 24.3 Å². The number of hydrogen-bond donors (Lipinski definition) is 1. The molecule has 6 nitrogen and oxygen atoms in total. The van der Waals surface area contributed by atoms with Crippen LogP contribution < -0.4 is 4.74 Å². The summed E-state index contributed by atoms with van der Waals surface area (Å²) < 4.78 is 5.48. The number of carboxylic acids is 1. The minimum absolute atomic E-state index is 0.438. The Balaban J connectivity index is 2.79. The first-order valence-electron chi connectivity index (χ1n) is 6.38. The number of aliphatic carboxylic acids is 1. The molecule has 1 unspecified atom stereocenters. The molecular weight excluding hydrogens is 272 g/mol. The van der Waals surface area contributed by atoms with E-state index >= 15 is 0 Å². The second-order valence-corrected chi connectivity index (χ2v) is 5.16.